The summed E-state index contributed by atoms with van der Waals surface area (Å²) in [6.45, 7) is 8.02. The molecule has 0 bridgehead atoms. The first-order chi connectivity index (χ1) is 14.8. The van der Waals surface area contributed by atoms with Crippen LogP contribution in [-0.4, -0.2) is 36.3 Å². The highest BCUT2D eigenvalue weighted by Crippen LogP contribution is 2.12. The third-order valence-electron chi connectivity index (χ3n) is 5.01. The summed E-state index contributed by atoms with van der Waals surface area (Å²) in [5, 5.41) is 11.6. The van der Waals surface area contributed by atoms with Gasteiger partial charge in [-0.25, -0.2) is 0 Å². The summed E-state index contributed by atoms with van der Waals surface area (Å²) in [6, 6.07) is 14.0. The maximum Gasteiger partial charge on any atom is 0.251 e. The second-order valence-electron chi connectivity index (χ2n) is 7.62. The van der Waals surface area contributed by atoms with Gasteiger partial charge in [-0.05, 0) is 75.2 Å². The molecule has 0 saturated carbocycles. The SMILES string of the molecule is CCC(C)NC(=O)c1ccc(NCC(=O)Nc2ccc(C(=O)NC(C)CC)cc2)cc1. The first kappa shape index (κ1) is 23.9. The molecule has 0 fully saturated rings. The van der Waals surface area contributed by atoms with Crippen molar-refractivity contribution in [3.05, 3.63) is 59.7 Å². The molecular formula is C24H32N4O3. The molecule has 0 radical (unpaired) electrons. The number of hydrogen-bond acceptors (Lipinski definition) is 4. The predicted octanol–water partition coefficient (Wildman–Crippen LogP) is 3.79. The Labute approximate surface area is 184 Å². The number of benzene rings is 2. The van der Waals surface area contributed by atoms with Gasteiger partial charge < -0.3 is 21.3 Å². The zero-order chi connectivity index (χ0) is 22.8. The summed E-state index contributed by atoms with van der Waals surface area (Å²) in [6.07, 6.45) is 1.73. The van der Waals surface area contributed by atoms with Crippen molar-refractivity contribution in [1.82, 2.24) is 10.6 Å². The minimum Gasteiger partial charge on any atom is -0.376 e. The van der Waals surface area contributed by atoms with Crippen molar-refractivity contribution >= 4 is 29.1 Å². The molecule has 2 atom stereocenters. The van der Waals surface area contributed by atoms with E-state index >= 15 is 0 Å². The van der Waals surface area contributed by atoms with Crippen LogP contribution in [0.2, 0.25) is 0 Å². The molecule has 0 aliphatic rings. The standard InChI is InChI=1S/C24H32N4O3/c1-5-16(3)26-23(30)18-7-11-20(12-8-18)25-15-22(29)28-21-13-9-19(10-14-21)24(31)27-17(4)6-2/h7-14,16-17,25H,5-6,15H2,1-4H3,(H,26,30)(H,27,31)(H,28,29). The lowest BCUT2D eigenvalue weighted by Gasteiger charge is -2.12. The van der Waals surface area contributed by atoms with Gasteiger partial charge in [0, 0.05) is 34.6 Å². The molecule has 7 nitrogen and oxygen atoms in total. The number of carbonyl (C=O) groups is 3. The van der Waals surface area contributed by atoms with Gasteiger partial charge in [0.25, 0.3) is 11.8 Å². The average molecular weight is 425 g/mol. The Morgan fingerprint density at radius 2 is 1.13 bits per heavy atom. The monoisotopic (exact) mass is 424 g/mol. The Balaban J connectivity index is 1.82. The second-order valence-corrected chi connectivity index (χ2v) is 7.62. The summed E-state index contributed by atoms with van der Waals surface area (Å²) >= 11 is 0. The first-order valence-corrected chi connectivity index (χ1v) is 10.7. The van der Waals surface area contributed by atoms with E-state index in [9.17, 15) is 14.4 Å². The third kappa shape index (κ3) is 7.77. The Morgan fingerprint density at radius 1 is 0.710 bits per heavy atom. The zero-order valence-corrected chi connectivity index (χ0v) is 18.6. The summed E-state index contributed by atoms with van der Waals surface area (Å²) in [7, 11) is 0. The number of nitrogens with one attached hydrogen (secondary N) is 4. The number of anilines is 2. The van der Waals surface area contributed by atoms with Gasteiger partial charge in [-0.1, -0.05) is 13.8 Å². The van der Waals surface area contributed by atoms with Crippen molar-refractivity contribution in [1.29, 1.82) is 0 Å². The van der Waals surface area contributed by atoms with Crippen LogP contribution in [0.4, 0.5) is 11.4 Å². The number of hydrogen-bond donors (Lipinski definition) is 4. The third-order valence-corrected chi connectivity index (χ3v) is 5.01. The number of rotatable bonds is 10. The lowest BCUT2D eigenvalue weighted by atomic mass is 10.1. The Hall–Kier alpha value is -3.35. The van der Waals surface area contributed by atoms with Crippen LogP contribution in [0.1, 0.15) is 61.3 Å². The highest BCUT2D eigenvalue weighted by Gasteiger charge is 2.10. The van der Waals surface area contributed by atoms with Crippen molar-refractivity contribution in [2.45, 2.75) is 52.6 Å². The molecule has 0 aliphatic carbocycles. The average Bonchev–Trinajstić information content (AvgIpc) is 2.78. The molecule has 7 heteroatoms. The smallest absolute Gasteiger partial charge is 0.251 e. The molecule has 31 heavy (non-hydrogen) atoms. The van der Waals surface area contributed by atoms with Gasteiger partial charge in [0.2, 0.25) is 5.91 Å². The molecular weight excluding hydrogens is 392 g/mol. The minimum absolute atomic E-state index is 0.0780. The molecule has 0 aromatic heterocycles. The van der Waals surface area contributed by atoms with Gasteiger partial charge in [0.15, 0.2) is 0 Å². The van der Waals surface area contributed by atoms with E-state index in [2.05, 4.69) is 21.3 Å². The van der Waals surface area contributed by atoms with Crippen molar-refractivity contribution in [2.24, 2.45) is 0 Å². The van der Waals surface area contributed by atoms with Crippen LogP contribution in [0.25, 0.3) is 0 Å². The van der Waals surface area contributed by atoms with E-state index in [1.54, 1.807) is 48.5 Å². The van der Waals surface area contributed by atoms with E-state index < -0.39 is 0 Å². The van der Waals surface area contributed by atoms with Crippen molar-refractivity contribution in [2.75, 3.05) is 17.2 Å². The lowest BCUT2D eigenvalue weighted by molar-refractivity contribution is -0.114. The fourth-order valence-electron chi connectivity index (χ4n) is 2.65. The largest absolute Gasteiger partial charge is 0.376 e. The van der Waals surface area contributed by atoms with Crippen molar-refractivity contribution in [3.63, 3.8) is 0 Å². The summed E-state index contributed by atoms with van der Waals surface area (Å²) in [5.41, 5.74) is 2.48. The molecule has 4 N–H and O–H groups in total. The van der Waals surface area contributed by atoms with Gasteiger partial charge in [-0.2, -0.15) is 0 Å². The van der Waals surface area contributed by atoms with Gasteiger partial charge in [0.1, 0.15) is 0 Å². The van der Waals surface area contributed by atoms with Crippen LogP contribution in [0.3, 0.4) is 0 Å². The lowest BCUT2D eigenvalue weighted by Crippen LogP contribution is -2.31. The highest BCUT2D eigenvalue weighted by molar-refractivity contribution is 5.97. The second kappa shape index (κ2) is 11.7. The number of amides is 3. The predicted molar refractivity (Wildman–Crippen MR) is 124 cm³/mol. The van der Waals surface area contributed by atoms with Crippen LogP contribution in [0.15, 0.2) is 48.5 Å². The van der Waals surface area contributed by atoms with E-state index in [-0.39, 0.29) is 36.3 Å². The van der Waals surface area contributed by atoms with E-state index in [0.29, 0.717) is 16.8 Å². The summed E-state index contributed by atoms with van der Waals surface area (Å²) in [5.74, 6) is -0.453. The van der Waals surface area contributed by atoms with E-state index in [0.717, 1.165) is 18.5 Å². The molecule has 0 heterocycles. The molecule has 166 valence electrons. The molecule has 2 aromatic carbocycles. The highest BCUT2D eigenvalue weighted by atomic mass is 16.2. The topological polar surface area (TPSA) is 99.3 Å². The van der Waals surface area contributed by atoms with Crippen LogP contribution in [0, 0.1) is 0 Å². The summed E-state index contributed by atoms with van der Waals surface area (Å²) < 4.78 is 0. The quantitative estimate of drug-likeness (QED) is 0.466. The van der Waals surface area contributed by atoms with E-state index in [4.69, 9.17) is 0 Å². The first-order valence-electron chi connectivity index (χ1n) is 10.7. The fraction of sp³-hybridized carbons (Fsp3) is 0.375. The van der Waals surface area contributed by atoms with Crippen LogP contribution in [-0.2, 0) is 4.79 Å². The molecule has 0 saturated heterocycles. The van der Waals surface area contributed by atoms with E-state index in [1.807, 2.05) is 27.7 Å². The molecule has 2 unspecified atom stereocenters. The normalized spacial score (nSPS) is 12.4. The van der Waals surface area contributed by atoms with Crippen LogP contribution < -0.4 is 21.3 Å². The minimum atomic E-state index is -0.213. The van der Waals surface area contributed by atoms with Gasteiger partial charge in [-0.3, -0.25) is 14.4 Å². The Kier molecular flexibility index (Phi) is 9.06. The van der Waals surface area contributed by atoms with Gasteiger partial charge in [-0.15, -0.1) is 0 Å². The van der Waals surface area contributed by atoms with Crippen molar-refractivity contribution in [3.8, 4) is 0 Å². The van der Waals surface area contributed by atoms with Gasteiger partial charge in [0.05, 0.1) is 6.54 Å². The maximum atomic E-state index is 12.2. The Morgan fingerprint density at radius 3 is 1.55 bits per heavy atom. The van der Waals surface area contributed by atoms with Crippen molar-refractivity contribution < 1.29 is 14.4 Å². The fourth-order valence-corrected chi connectivity index (χ4v) is 2.65. The summed E-state index contributed by atoms with van der Waals surface area (Å²) in [4.78, 5) is 36.4. The van der Waals surface area contributed by atoms with Crippen LogP contribution >= 0.6 is 0 Å². The van der Waals surface area contributed by atoms with E-state index in [1.165, 1.54) is 0 Å². The molecule has 2 aromatic rings. The van der Waals surface area contributed by atoms with Crippen LogP contribution in [0.5, 0.6) is 0 Å². The zero-order valence-electron chi connectivity index (χ0n) is 18.6. The molecule has 3 amide bonds. The maximum absolute atomic E-state index is 12.2. The molecule has 0 aliphatic heterocycles. The molecule has 0 spiro atoms. The van der Waals surface area contributed by atoms with Gasteiger partial charge >= 0.3 is 0 Å². The Bertz CT molecular complexity index is 879. The molecule has 2 rings (SSSR count). The number of carbonyl (C=O) groups excluding carboxylic acids is 3.